The van der Waals surface area contributed by atoms with Gasteiger partial charge in [0.25, 0.3) is 5.91 Å². The molecule has 0 spiro atoms. The summed E-state index contributed by atoms with van der Waals surface area (Å²) in [5.74, 6) is -0.197. The van der Waals surface area contributed by atoms with Crippen molar-refractivity contribution in [3.8, 4) is 0 Å². The predicted molar refractivity (Wildman–Crippen MR) is 104 cm³/mol. The first kappa shape index (κ1) is 17.0. The topological polar surface area (TPSA) is 53.5 Å². The zero-order chi connectivity index (χ0) is 18.1. The van der Waals surface area contributed by atoms with E-state index in [1.54, 1.807) is 34.1 Å². The summed E-state index contributed by atoms with van der Waals surface area (Å²) in [5, 5.41) is 0.951. The fraction of sp³-hybridized carbons (Fsp3) is 0.211. The van der Waals surface area contributed by atoms with Crippen molar-refractivity contribution < 1.29 is 9.59 Å². The van der Waals surface area contributed by atoms with Gasteiger partial charge >= 0.3 is 0 Å². The van der Waals surface area contributed by atoms with Crippen LogP contribution >= 0.6 is 22.9 Å². The minimum absolute atomic E-state index is 0.0584. The highest BCUT2D eigenvalue weighted by molar-refractivity contribution is 7.22. The molecule has 1 fully saturated rings. The van der Waals surface area contributed by atoms with Crippen molar-refractivity contribution in [1.29, 1.82) is 0 Å². The number of carbonyl (C=O) groups is 2. The van der Waals surface area contributed by atoms with Crippen molar-refractivity contribution in [3.63, 3.8) is 0 Å². The monoisotopic (exact) mass is 385 g/mol. The summed E-state index contributed by atoms with van der Waals surface area (Å²) in [7, 11) is 0. The van der Waals surface area contributed by atoms with Gasteiger partial charge in [-0.2, -0.15) is 0 Å². The lowest BCUT2D eigenvalue weighted by atomic mass is 10.2. The average molecular weight is 386 g/mol. The number of fused-ring (bicyclic) bond motifs is 1. The third-order valence-electron chi connectivity index (χ3n) is 4.35. The van der Waals surface area contributed by atoms with E-state index in [0.717, 1.165) is 16.6 Å². The zero-order valence-corrected chi connectivity index (χ0v) is 15.5. The number of halogens is 1. The molecule has 132 valence electrons. The number of para-hydroxylation sites is 1. The van der Waals surface area contributed by atoms with Crippen LogP contribution in [0.4, 0.5) is 5.13 Å². The molecule has 1 aliphatic rings. The Morgan fingerprint density at radius 2 is 1.96 bits per heavy atom. The molecule has 0 bridgehead atoms. The van der Waals surface area contributed by atoms with Gasteiger partial charge in [0, 0.05) is 13.0 Å². The van der Waals surface area contributed by atoms with Crippen LogP contribution in [0.2, 0.25) is 5.02 Å². The van der Waals surface area contributed by atoms with Gasteiger partial charge in [0.2, 0.25) is 5.91 Å². The van der Waals surface area contributed by atoms with Crippen molar-refractivity contribution in [2.75, 3.05) is 18.1 Å². The van der Waals surface area contributed by atoms with E-state index in [1.165, 1.54) is 11.3 Å². The molecule has 4 rings (SSSR count). The van der Waals surface area contributed by atoms with Gasteiger partial charge in [-0.25, -0.2) is 4.98 Å². The number of thiazole rings is 1. The lowest BCUT2D eigenvalue weighted by Gasteiger charge is -2.26. The fourth-order valence-corrected chi connectivity index (χ4v) is 4.16. The number of aromatic nitrogens is 1. The Hall–Kier alpha value is -2.44. The van der Waals surface area contributed by atoms with Crippen molar-refractivity contribution in [3.05, 3.63) is 59.1 Å². The molecule has 2 aromatic carbocycles. The Bertz CT molecular complexity index is 955. The number of rotatable bonds is 4. The second kappa shape index (κ2) is 7.05. The standard InChI is InChI=1S/C19H16ClN3O2S/c20-14-7-2-1-6-13(14)18(25)23(12-22-11-5-10-17(22)24)19-21-15-8-3-4-9-16(15)26-19/h1-4,6-9H,5,10-12H2. The van der Waals surface area contributed by atoms with E-state index < -0.39 is 0 Å². The zero-order valence-electron chi connectivity index (χ0n) is 13.9. The van der Waals surface area contributed by atoms with Gasteiger partial charge in [-0.05, 0) is 30.7 Å². The van der Waals surface area contributed by atoms with Crippen LogP contribution in [0.3, 0.4) is 0 Å². The van der Waals surface area contributed by atoms with Crippen LogP contribution in [0.25, 0.3) is 10.2 Å². The molecular formula is C19H16ClN3O2S. The Labute approximate surface area is 159 Å². The van der Waals surface area contributed by atoms with E-state index in [1.807, 2.05) is 24.3 Å². The van der Waals surface area contributed by atoms with Gasteiger partial charge in [-0.15, -0.1) is 0 Å². The SMILES string of the molecule is O=C1CCCN1CN(C(=O)c1ccccc1Cl)c1nc2ccccc2s1. The number of nitrogens with zero attached hydrogens (tertiary/aromatic N) is 3. The molecule has 0 unspecified atom stereocenters. The largest absolute Gasteiger partial charge is 0.324 e. The number of amides is 2. The summed E-state index contributed by atoms with van der Waals surface area (Å²) >= 11 is 7.66. The van der Waals surface area contributed by atoms with E-state index in [4.69, 9.17) is 11.6 Å². The molecular weight excluding hydrogens is 370 g/mol. The number of anilines is 1. The smallest absolute Gasteiger partial charge is 0.263 e. The predicted octanol–water partition coefficient (Wildman–Crippen LogP) is 4.18. The third-order valence-corrected chi connectivity index (χ3v) is 5.74. The first-order chi connectivity index (χ1) is 12.6. The highest BCUT2D eigenvalue weighted by Gasteiger charge is 2.29. The molecule has 0 N–H and O–H groups in total. The molecule has 26 heavy (non-hydrogen) atoms. The lowest BCUT2D eigenvalue weighted by molar-refractivity contribution is -0.127. The van der Waals surface area contributed by atoms with Gasteiger partial charge in [0.15, 0.2) is 5.13 Å². The molecule has 5 nitrogen and oxygen atoms in total. The normalized spacial score (nSPS) is 14.2. The number of carbonyl (C=O) groups excluding carboxylic acids is 2. The minimum atomic E-state index is -0.255. The maximum absolute atomic E-state index is 13.2. The van der Waals surface area contributed by atoms with Gasteiger partial charge in [0.1, 0.15) is 6.67 Å². The molecule has 3 aromatic rings. The molecule has 2 amide bonds. The molecule has 1 aliphatic heterocycles. The van der Waals surface area contributed by atoms with Gasteiger partial charge in [-0.1, -0.05) is 47.2 Å². The Morgan fingerprint density at radius 1 is 1.19 bits per heavy atom. The van der Waals surface area contributed by atoms with Crippen LogP contribution in [-0.4, -0.2) is 34.9 Å². The summed E-state index contributed by atoms with van der Waals surface area (Å²) < 4.78 is 0.993. The van der Waals surface area contributed by atoms with Crippen LogP contribution < -0.4 is 4.90 Å². The van der Waals surface area contributed by atoms with E-state index in [-0.39, 0.29) is 18.5 Å². The summed E-state index contributed by atoms with van der Waals surface area (Å²) in [6, 6.07) is 14.7. The molecule has 2 heterocycles. The van der Waals surface area contributed by atoms with Crippen LogP contribution in [0, 0.1) is 0 Å². The van der Waals surface area contributed by atoms with Crippen molar-refractivity contribution in [1.82, 2.24) is 9.88 Å². The lowest BCUT2D eigenvalue weighted by Crippen LogP contribution is -2.42. The highest BCUT2D eigenvalue weighted by Crippen LogP contribution is 2.31. The number of hydrogen-bond donors (Lipinski definition) is 0. The maximum atomic E-state index is 13.2. The average Bonchev–Trinajstić information content (AvgIpc) is 3.25. The molecule has 0 atom stereocenters. The second-order valence-electron chi connectivity index (χ2n) is 6.08. The second-order valence-corrected chi connectivity index (χ2v) is 7.50. The van der Waals surface area contributed by atoms with E-state index in [2.05, 4.69) is 4.98 Å². The number of hydrogen-bond acceptors (Lipinski definition) is 4. The Morgan fingerprint density at radius 3 is 2.69 bits per heavy atom. The van der Waals surface area contributed by atoms with E-state index >= 15 is 0 Å². The minimum Gasteiger partial charge on any atom is -0.324 e. The van der Waals surface area contributed by atoms with E-state index in [0.29, 0.717) is 28.7 Å². The van der Waals surface area contributed by atoms with Crippen LogP contribution in [-0.2, 0) is 4.79 Å². The van der Waals surface area contributed by atoms with Gasteiger partial charge in [-0.3, -0.25) is 14.5 Å². The number of benzene rings is 2. The first-order valence-electron chi connectivity index (χ1n) is 8.33. The van der Waals surface area contributed by atoms with Crippen LogP contribution in [0.5, 0.6) is 0 Å². The maximum Gasteiger partial charge on any atom is 0.263 e. The van der Waals surface area contributed by atoms with Gasteiger partial charge in [0.05, 0.1) is 20.8 Å². The number of likely N-dealkylation sites (tertiary alicyclic amines) is 1. The third kappa shape index (κ3) is 3.18. The molecule has 1 saturated heterocycles. The molecule has 0 saturated carbocycles. The Kier molecular flexibility index (Phi) is 4.61. The van der Waals surface area contributed by atoms with Crippen molar-refractivity contribution >= 4 is 50.1 Å². The molecule has 7 heteroatoms. The summed E-state index contributed by atoms with van der Waals surface area (Å²) in [4.78, 5) is 33.1. The highest BCUT2D eigenvalue weighted by atomic mass is 35.5. The van der Waals surface area contributed by atoms with Crippen LogP contribution in [0.1, 0.15) is 23.2 Å². The van der Waals surface area contributed by atoms with Gasteiger partial charge < -0.3 is 4.90 Å². The summed E-state index contributed by atoms with van der Waals surface area (Å²) in [6.07, 6.45) is 1.33. The van der Waals surface area contributed by atoms with Crippen molar-refractivity contribution in [2.45, 2.75) is 12.8 Å². The Balaban J connectivity index is 1.74. The van der Waals surface area contributed by atoms with E-state index in [9.17, 15) is 9.59 Å². The van der Waals surface area contributed by atoms with Crippen LogP contribution in [0.15, 0.2) is 48.5 Å². The fourth-order valence-electron chi connectivity index (χ4n) is 2.99. The molecule has 0 radical (unpaired) electrons. The summed E-state index contributed by atoms with van der Waals surface area (Å²) in [6.45, 7) is 0.832. The quantitative estimate of drug-likeness (QED) is 0.677. The molecule has 0 aliphatic carbocycles. The first-order valence-corrected chi connectivity index (χ1v) is 9.52. The van der Waals surface area contributed by atoms with Crippen molar-refractivity contribution in [2.24, 2.45) is 0 Å². The summed E-state index contributed by atoms with van der Waals surface area (Å²) in [5.41, 5.74) is 1.23. The molecule has 1 aromatic heterocycles.